The Kier molecular flexibility index (Phi) is 6.64. The van der Waals surface area contributed by atoms with Crippen molar-refractivity contribution < 1.29 is 17.9 Å². The van der Waals surface area contributed by atoms with Crippen LogP contribution in [0.3, 0.4) is 0 Å². The number of nitrogens with zero attached hydrogens (tertiary/aromatic N) is 1. The third-order valence-corrected chi connectivity index (χ3v) is 5.92. The summed E-state index contributed by atoms with van der Waals surface area (Å²) in [5.41, 5.74) is -0.586. The zero-order chi connectivity index (χ0) is 17.9. The molecular formula is C16H32N2O4S. The predicted octanol–water partition coefficient (Wildman–Crippen LogP) is 1.76. The van der Waals surface area contributed by atoms with Crippen molar-refractivity contribution in [2.24, 2.45) is 5.92 Å². The predicted molar refractivity (Wildman–Crippen MR) is 91.7 cm³/mol. The molecule has 0 aromatic rings. The first-order valence-electron chi connectivity index (χ1n) is 8.21. The number of hydrogen-bond donors (Lipinski definition) is 1. The van der Waals surface area contributed by atoms with E-state index in [-0.39, 0.29) is 17.0 Å². The van der Waals surface area contributed by atoms with Crippen molar-refractivity contribution in [1.82, 2.24) is 9.62 Å². The molecule has 1 rings (SSSR count). The van der Waals surface area contributed by atoms with Crippen LogP contribution in [0.25, 0.3) is 0 Å². The molecule has 0 aromatic heterocycles. The van der Waals surface area contributed by atoms with Crippen LogP contribution in [0.1, 0.15) is 53.9 Å². The number of ether oxygens (including phenoxy) is 1. The monoisotopic (exact) mass is 348 g/mol. The Hall–Kier alpha value is -0.660. The van der Waals surface area contributed by atoms with Crippen molar-refractivity contribution in [1.29, 1.82) is 0 Å². The molecule has 0 radical (unpaired) electrons. The molecule has 0 unspecified atom stereocenters. The minimum Gasteiger partial charge on any atom is -0.375 e. The fraction of sp³-hybridized carbons (Fsp3) is 0.938. The lowest BCUT2D eigenvalue weighted by Gasteiger charge is -2.40. The van der Waals surface area contributed by atoms with Crippen LogP contribution in [-0.2, 0) is 19.6 Å². The van der Waals surface area contributed by atoms with E-state index in [0.29, 0.717) is 25.6 Å². The van der Waals surface area contributed by atoms with Gasteiger partial charge in [-0.3, -0.25) is 4.79 Å². The van der Waals surface area contributed by atoms with E-state index >= 15 is 0 Å². The molecule has 0 aromatic carbocycles. The third kappa shape index (κ3) is 6.77. The van der Waals surface area contributed by atoms with Gasteiger partial charge in [0, 0.05) is 32.2 Å². The molecule has 1 amide bonds. The largest absolute Gasteiger partial charge is 0.375 e. The van der Waals surface area contributed by atoms with Gasteiger partial charge in [0.15, 0.2) is 0 Å². The minimum absolute atomic E-state index is 0.0394. The summed E-state index contributed by atoms with van der Waals surface area (Å²) >= 11 is 0. The van der Waals surface area contributed by atoms with E-state index in [2.05, 4.69) is 19.2 Å². The smallest absolute Gasteiger partial charge is 0.217 e. The number of amides is 1. The summed E-state index contributed by atoms with van der Waals surface area (Å²) in [7, 11) is -3.09. The normalized spacial score (nSPS) is 18.9. The molecule has 0 aliphatic carbocycles. The van der Waals surface area contributed by atoms with Gasteiger partial charge in [0.05, 0.1) is 11.9 Å². The number of carbonyl (C=O) groups is 1. The van der Waals surface area contributed by atoms with Crippen molar-refractivity contribution in [3.8, 4) is 0 Å². The SMILES string of the molecule is CC(=O)NC(C)(C)CCOC(C)(C)C1CCN(S(C)(=O)=O)CC1. The Bertz CT molecular complexity index is 506. The number of carbonyl (C=O) groups excluding carboxylic acids is 1. The maximum absolute atomic E-state index is 11.6. The second-order valence-corrected chi connectivity index (χ2v) is 9.69. The fourth-order valence-corrected chi connectivity index (χ4v) is 3.98. The highest BCUT2D eigenvalue weighted by atomic mass is 32.2. The molecule has 1 aliphatic heterocycles. The molecule has 1 N–H and O–H groups in total. The molecule has 23 heavy (non-hydrogen) atoms. The van der Waals surface area contributed by atoms with Crippen molar-refractivity contribution in [2.75, 3.05) is 26.0 Å². The van der Waals surface area contributed by atoms with Crippen molar-refractivity contribution >= 4 is 15.9 Å². The van der Waals surface area contributed by atoms with E-state index in [0.717, 1.165) is 19.3 Å². The van der Waals surface area contributed by atoms with E-state index in [1.807, 2.05) is 13.8 Å². The zero-order valence-electron chi connectivity index (χ0n) is 15.3. The summed E-state index contributed by atoms with van der Waals surface area (Å²) in [6, 6.07) is 0. The van der Waals surface area contributed by atoms with Crippen molar-refractivity contribution in [3.63, 3.8) is 0 Å². The highest BCUT2D eigenvalue weighted by molar-refractivity contribution is 7.88. The first-order valence-corrected chi connectivity index (χ1v) is 10.1. The van der Waals surface area contributed by atoms with Gasteiger partial charge < -0.3 is 10.1 Å². The van der Waals surface area contributed by atoms with Gasteiger partial charge in [-0.15, -0.1) is 0 Å². The lowest BCUT2D eigenvalue weighted by molar-refractivity contribution is -0.121. The molecular weight excluding hydrogens is 316 g/mol. The first kappa shape index (κ1) is 20.4. The molecule has 1 aliphatic rings. The topological polar surface area (TPSA) is 75.7 Å². The standard InChI is InChI=1S/C16H32N2O4S/c1-13(19)17-15(2,3)9-12-22-16(4,5)14-7-10-18(11-8-14)23(6,20)21/h14H,7-12H2,1-6H3,(H,17,19). The van der Waals surface area contributed by atoms with Crippen molar-refractivity contribution in [3.05, 3.63) is 0 Å². The van der Waals surface area contributed by atoms with Crippen molar-refractivity contribution in [2.45, 2.75) is 65.0 Å². The number of sulfonamides is 1. The first-order chi connectivity index (χ1) is 10.3. The summed E-state index contributed by atoms with van der Waals surface area (Å²) < 4.78 is 30.8. The molecule has 0 atom stereocenters. The number of rotatable bonds is 7. The van der Waals surface area contributed by atoms with Crippen LogP contribution in [-0.4, -0.2) is 55.7 Å². The quantitative estimate of drug-likeness (QED) is 0.761. The summed E-state index contributed by atoms with van der Waals surface area (Å²) in [4.78, 5) is 11.2. The summed E-state index contributed by atoms with van der Waals surface area (Å²) in [5, 5.41) is 2.92. The van der Waals surface area contributed by atoms with Gasteiger partial charge in [-0.1, -0.05) is 0 Å². The van der Waals surface area contributed by atoms with Crippen LogP contribution in [0.4, 0.5) is 0 Å². The molecule has 136 valence electrons. The second-order valence-electron chi connectivity index (χ2n) is 7.70. The highest BCUT2D eigenvalue weighted by Gasteiger charge is 2.35. The molecule has 7 heteroatoms. The third-order valence-electron chi connectivity index (χ3n) is 4.62. The van der Waals surface area contributed by atoms with Crippen LogP contribution in [0.2, 0.25) is 0 Å². The maximum Gasteiger partial charge on any atom is 0.217 e. The van der Waals surface area contributed by atoms with E-state index in [1.54, 1.807) is 4.31 Å². The Balaban J connectivity index is 2.46. The van der Waals surface area contributed by atoms with Gasteiger partial charge in [0.2, 0.25) is 15.9 Å². The number of piperidine rings is 1. The number of hydrogen-bond acceptors (Lipinski definition) is 4. The summed E-state index contributed by atoms with van der Waals surface area (Å²) in [5.74, 6) is 0.298. The molecule has 0 spiro atoms. The van der Waals surface area contributed by atoms with Gasteiger partial charge >= 0.3 is 0 Å². The minimum atomic E-state index is -3.09. The number of nitrogens with one attached hydrogen (secondary N) is 1. The fourth-order valence-electron chi connectivity index (χ4n) is 3.11. The Morgan fingerprint density at radius 1 is 1.22 bits per heavy atom. The Morgan fingerprint density at radius 2 is 1.74 bits per heavy atom. The molecule has 0 saturated carbocycles. The molecule has 0 bridgehead atoms. The molecule has 1 fully saturated rings. The molecule has 6 nitrogen and oxygen atoms in total. The average molecular weight is 349 g/mol. The second kappa shape index (κ2) is 7.49. The van der Waals surface area contributed by atoms with Gasteiger partial charge in [-0.25, -0.2) is 12.7 Å². The molecule has 1 heterocycles. The van der Waals surface area contributed by atoms with Gasteiger partial charge in [0.1, 0.15) is 0 Å². The Morgan fingerprint density at radius 3 is 2.17 bits per heavy atom. The van der Waals surface area contributed by atoms with Crippen LogP contribution < -0.4 is 5.32 Å². The van der Waals surface area contributed by atoms with Crippen LogP contribution in [0.15, 0.2) is 0 Å². The van der Waals surface area contributed by atoms with Crippen LogP contribution in [0, 0.1) is 5.92 Å². The van der Waals surface area contributed by atoms with Gasteiger partial charge in [-0.05, 0) is 52.9 Å². The average Bonchev–Trinajstić information content (AvgIpc) is 2.35. The van der Waals surface area contributed by atoms with E-state index in [1.165, 1.54) is 13.2 Å². The van der Waals surface area contributed by atoms with Gasteiger partial charge in [-0.2, -0.15) is 0 Å². The van der Waals surface area contributed by atoms with Gasteiger partial charge in [0.25, 0.3) is 0 Å². The van der Waals surface area contributed by atoms with E-state index in [4.69, 9.17) is 4.74 Å². The zero-order valence-corrected chi connectivity index (χ0v) is 16.1. The molecule has 1 saturated heterocycles. The highest BCUT2D eigenvalue weighted by Crippen LogP contribution is 2.32. The lowest BCUT2D eigenvalue weighted by atomic mass is 9.83. The van der Waals surface area contributed by atoms with E-state index in [9.17, 15) is 13.2 Å². The van der Waals surface area contributed by atoms with Crippen LogP contribution >= 0.6 is 0 Å². The maximum atomic E-state index is 11.6. The summed E-state index contributed by atoms with van der Waals surface area (Å²) in [6.45, 7) is 11.3. The summed E-state index contributed by atoms with van der Waals surface area (Å²) in [6.07, 6.45) is 3.63. The van der Waals surface area contributed by atoms with Crippen LogP contribution in [0.5, 0.6) is 0 Å². The Labute approximate surface area is 141 Å². The van der Waals surface area contributed by atoms with E-state index < -0.39 is 10.0 Å². The lowest BCUT2D eigenvalue weighted by Crippen LogP contribution is -2.46.